The van der Waals surface area contributed by atoms with Gasteiger partial charge in [0.15, 0.2) is 0 Å². The summed E-state index contributed by atoms with van der Waals surface area (Å²) in [6.45, 7) is 0. The van der Waals surface area contributed by atoms with Crippen LogP contribution in [0.3, 0.4) is 0 Å². The maximum atomic E-state index is 13.5. The van der Waals surface area contributed by atoms with Crippen molar-refractivity contribution >= 4 is 29.2 Å². The van der Waals surface area contributed by atoms with Crippen molar-refractivity contribution in [1.29, 1.82) is 0 Å². The Hall–Kier alpha value is -3.34. The Morgan fingerprint density at radius 2 is 1.90 bits per heavy atom. The average Bonchev–Trinajstić information content (AvgIpc) is 3.56. The van der Waals surface area contributed by atoms with E-state index in [9.17, 15) is 14.0 Å². The van der Waals surface area contributed by atoms with Gasteiger partial charge in [-0.3, -0.25) is 9.78 Å². The number of nitrogens with zero attached hydrogens (tertiary/aromatic N) is 1. The zero-order valence-corrected chi connectivity index (χ0v) is 15.7. The van der Waals surface area contributed by atoms with Crippen molar-refractivity contribution in [2.24, 2.45) is 5.92 Å². The molecule has 0 saturated heterocycles. The molecule has 0 spiro atoms. The van der Waals surface area contributed by atoms with Gasteiger partial charge in [0.1, 0.15) is 12.1 Å². The molecule has 146 valence electrons. The fourth-order valence-corrected chi connectivity index (χ4v) is 3.59. The fourth-order valence-electron chi connectivity index (χ4n) is 3.59. The predicted molar refractivity (Wildman–Crippen MR) is 110 cm³/mol. The van der Waals surface area contributed by atoms with E-state index in [0.29, 0.717) is 12.2 Å². The number of rotatable bonds is 7. The first kappa shape index (κ1) is 19.0. The van der Waals surface area contributed by atoms with Crippen LogP contribution in [0.5, 0.6) is 0 Å². The molecule has 1 aromatic heterocycles. The number of benzene rings is 2. The van der Waals surface area contributed by atoms with Gasteiger partial charge in [0.2, 0.25) is 0 Å². The number of carboxylic acids is 1. The molecule has 5 heteroatoms. The van der Waals surface area contributed by atoms with Crippen LogP contribution in [0.25, 0.3) is 28.1 Å². The molecular formula is C24H20FNO3. The quantitative estimate of drug-likeness (QED) is 0.563. The minimum atomic E-state index is -1.02. The number of halogens is 1. The number of hydrogen-bond acceptors (Lipinski definition) is 3. The Morgan fingerprint density at radius 1 is 1.17 bits per heavy atom. The highest BCUT2D eigenvalue weighted by molar-refractivity contribution is 5.99. The molecule has 1 fully saturated rings. The molecule has 0 aliphatic heterocycles. The largest absolute Gasteiger partial charge is 0.481 e. The molecule has 2 aromatic carbocycles. The zero-order chi connectivity index (χ0) is 20.4. The Labute approximate surface area is 167 Å². The standard InChI is InChI=1S/C24H20FNO3/c25-18-10-8-16(9-11-18)23-19-3-1-2-4-21(19)26-24(17-6-7-17)20(23)12-5-15(14-27)13-22(28)29/h1-5,8-12,14-15,17H,6-7,13H2,(H,28,29)/b12-5+. The molecule has 1 saturated carbocycles. The summed E-state index contributed by atoms with van der Waals surface area (Å²) in [6.07, 6.45) is 5.92. The van der Waals surface area contributed by atoms with Crippen molar-refractivity contribution in [2.45, 2.75) is 25.2 Å². The molecule has 3 aromatic rings. The van der Waals surface area contributed by atoms with E-state index in [-0.39, 0.29) is 12.2 Å². The molecule has 4 rings (SSSR count). The molecule has 1 heterocycles. The van der Waals surface area contributed by atoms with Crippen molar-refractivity contribution in [3.8, 4) is 11.1 Å². The molecule has 4 nitrogen and oxygen atoms in total. The minimum absolute atomic E-state index is 0.258. The van der Waals surface area contributed by atoms with Gasteiger partial charge in [0.05, 0.1) is 17.6 Å². The number of pyridine rings is 1. The number of carboxylic acid groups (broad SMARTS) is 1. The second-order valence-corrected chi connectivity index (χ2v) is 7.34. The Balaban J connectivity index is 1.94. The summed E-state index contributed by atoms with van der Waals surface area (Å²) in [7, 11) is 0. The first-order valence-corrected chi connectivity index (χ1v) is 9.60. The van der Waals surface area contributed by atoms with Crippen LogP contribution in [0, 0.1) is 11.7 Å². The van der Waals surface area contributed by atoms with Crippen LogP contribution >= 0.6 is 0 Å². The number of aromatic nitrogens is 1. The van der Waals surface area contributed by atoms with E-state index in [1.807, 2.05) is 30.3 Å². The molecule has 0 bridgehead atoms. The lowest BCUT2D eigenvalue weighted by atomic mass is 9.91. The predicted octanol–water partition coefficient (Wildman–Crippen LogP) is 5.22. The number of aliphatic carboxylic acids is 1. The molecule has 0 radical (unpaired) electrons. The Bertz CT molecular complexity index is 1100. The third-order valence-corrected chi connectivity index (χ3v) is 5.15. The van der Waals surface area contributed by atoms with Crippen molar-refractivity contribution in [1.82, 2.24) is 4.98 Å². The minimum Gasteiger partial charge on any atom is -0.481 e. The highest BCUT2D eigenvalue weighted by atomic mass is 19.1. The lowest BCUT2D eigenvalue weighted by Crippen LogP contribution is -2.06. The first-order chi connectivity index (χ1) is 14.1. The van der Waals surface area contributed by atoms with Crippen molar-refractivity contribution in [2.75, 3.05) is 0 Å². The van der Waals surface area contributed by atoms with Gasteiger partial charge in [-0.15, -0.1) is 0 Å². The van der Waals surface area contributed by atoms with E-state index in [1.165, 1.54) is 12.1 Å². The number of carbonyl (C=O) groups is 2. The van der Waals surface area contributed by atoms with Crippen LogP contribution < -0.4 is 0 Å². The van der Waals surface area contributed by atoms with E-state index in [0.717, 1.165) is 46.1 Å². The number of carbonyl (C=O) groups excluding carboxylic acids is 1. The summed E-state index contributed by atoms with van der Waals surface area (Å²) in [5.41, 5.74) is 4.46. The summed E-state index contributed by atoms with van der Waals surface area (Å²) in [5.74, 6) is -1.71. The van der Waals surface area contributed by atoms with E-state index in [2.05, 4.69) is 0 Å². The summed E-state index contributed by atoms with van der Waals surface area (Å²) >= 11 is 0. The summed E-state index contributed by atoms with van der Waals surface area (Å²) in [4.78, 5) is 27.2. The van der Waals surface area contributed by atoms with Crippen molar-refractivity contribution < 1.29 is 19.1 Å². The topological polar surface area (TPSA) is 67.3 Å². The summed E-state index contributed by atoms with van der Waals surface area (Å²) in [6, 6.07) is 14.1. The number of allylic oxidation sites excluding steroid dienone is 1. The molecule has 1 aliphatic rings. The highest BCUT2D eigenvalue weighted by Crippen LogP contribution is 2.45. The first-order valence-electron chi connectivity index (χ1n) is 9.60. The molecule has 0 amide bonds. The molecule has 1 aliphatic carbocycles. The van der Waals surface area contributed by atoms with Gasteiger partial charge < -0.3 is 9.90 Å². The van der Waals surface area contributed by atoms with Crippen LogP contribution in [-0.4, -0.2) is 22.3 Å². The molecule has 1 N–H and O–H groups in total. The average molecular weight is 389 g/mol. The maximum Gasteiger partial charge on any atom is 0.304 e. The molecule has 1 unspecified atom stereocenters. The van der Waals surface area contributed by atoms with Gasteiger partial charge >= 0.3 is 5.97 Å². The highest BCUT2D eigenvalue weighted by Gasteiger charge is 2.29. The lowest BCUT2D eigenvalue weighted by Gasteiger charge is -2.16. The third kappa shape index (κ3) is 4.09. The van der Waals surface area contributed by atoms with Crippen LogP contribution in [0.4, 0.5) is 4.39 Å². The van der Waals surface area contributed by atoms with Gasteiger partial charge in [-0.2, -0.15) is 0 Å². The van der Waals surface area contributed by atoms with Crippen molar-refractivity contribution in [3.05, 3.63) is 71.7 Å². The monoisotopic (exact) mass is 389 g/mol. The van der Waals surface area contributed by atoms with Crippen LogP contribution in [0.1, 0.15) is 36.4 Å². The lowest BCUT2D eigenvalue weighted by molar-refractivity contribution is -0.138. The van der Waals surface area contributed by atoms with E-state index in [1.54, 1.807) is 18.2 Å². The van der Waals surface area contributed by atoms with Crippen LogP contribution in [-0.2, 0) is 9.59 Å². The fraction of sp³-hybridized carbons (Fsp3) is 0.208. The third-order valence-electron chi connectivity index (χ3n) is 5.15. The SMILES string of the molecule is O=CC(/C=C/c1c(C2CC2)nc2ccccc2c1-c1ccc(F)cc1)CC(=O)O. The molecular weight excluding hydrogens is 369 g/mol. The van der Waals surface area contributed by atoms with E-state index in [4.69, 9.17) is 10.1 Å². The Morgan fingerprint density at radius 3 is 2.55 bits per heavy atom. The normalized spacial score (nSPS) is 14.9. The zero-order valence-electron chi connectivity index (χ0n) is 15.7. The van der Waals surface area contributed by atoms with Gasteiger partial charge in [-0.25, -0.2) is 4.39 Å². The van der Waals surface area contributed by atoms with Gasteiger partial charge in [0, 0.05) is 28.3 Å². The van der Waals surface area contributed by atoms with Gasteiger partial charge in [-0.05, 0) is 36.6 Å². The second kappa shape index (κ2) is 7.95. The number of aldehydes is 1. The van der Waals surface area contributed by atoms with Crippen molar-refractivity contribution in [3.63, 3.8) is 0 Å². The molecule has 29 heavy (non-hydrogen) atoms. The maximum absolute atomic E-state index is 13.5. The second-order valence-electron chi connectivity index (χ2n) is 7.34. The number of para-hydroxylation sites is 1. The number of fused-ring (bicyclic) bond motifs is 1. The number of hydrogen-bond donors (Lipinski definition) is 1. The van der Waals surface area contributed by atoms with Gasteiger partial charge in [0.25, 0.3) is 0 Å². The smallest absolute Gasteiger partial charge is 0.304 e. The summed E-state index contributed by atoms with van der Waals surface area (Å²) < 4.78 is 13.5. The van der Waals surface area contributed by atoms with E-state index >= 15 is 0 Å². The van der Waals surface area contributed by atoms with Gasteiger partial charge in [-0.1, -0.05) is 42.5 Å². The van der Waals surface area contributed by atoms with Crippen LogP contribution in [0.15, 0.2) is 54.6 Å². The van der Waals surface area contributed by atoms with Crippen LogP contribution in [0.2, 0.25) is 0 Å². The Kier molecular flexibility index (Phi) is 5.21. The molecule has 1 atom stereocenters. The summed E-state index contributed by atoms with van der Waals surface area (Å²) in [5, 5.41) is 9.96. The van der Waals surface area contributed by atoms with E-state index < -0.39 is 11.9 Å².